The maximum atomic E-state index is 8.95. The minimum absolute atomic E-state index is 0.501. The number of benzene rings is 1. The number of ether oxygens (including phenoxy) is 3. The fraction of sp³-hybridized carbons (Fsp3) is 0.462. The van der Waals surface area contributed by atoms with E-state index in [2.05, 4.69) is 6.07 Å². The summed E-state index contributed by atoms with van der Waals surface area (Å²) in [5.41, 5.74) is 0.0413. The van der Waals surface area contributed by atoms with Crippen LogP contribution in [0.5, 0.6) is 17.2 Å². The first-order valence-electron chi connectivity index (χ1n) is 5.26. The molecule has 0 aliphatic heterocycles. The second-order valence-electron chi connectivity index (χ2n) is 4.20. The van der Waals surface area contributed by atoms with Crippen LogP contribution in [0.1, 0.15) is 19.4 Å². The lowest BCUT2D eigenvalue weighted by Crippen LogP contribution is -2.25. The third kappa shape index (κ3) is 3.04. The van der Waals surface area contributed by atoms with Crippen LogP contribution < -0.4 is 14.2 Å². The molecule has 0 spiro atoms. The quantitative estimate of drug-likeness (QED) is 0.805. The lowest BCUT2D eigenvalue weighted by Gasteiger charge is -2.21. The minimum atomic E-state index is -0.909. The van der Waals surface area contributed by atoms with Gasteiger partial charge >= 0.3 is 0 Å². The molecule has 0 radical (unpaired) electrons. The van der Waals surface area contributed by atoms with E-state index in [9.17, 15) is 0 Å². The van der Waals surface area contributed by atoms with Crippen molar-refractivity contribution in [2.24, 2.45) is 0 Å². The van der Waals surface area contributed by atoms with Crippen LogP contribution in [-0.4, -0.2) is 19.8 Å². The predicted octanol–water partition coefficient (Wildman–Crippen LogP) is 2.69. The molecular weight excluding hydrogens is 218 g/mol. The van der Waals surface area contributed by atoms with E-state index in [0.29, 0.717) is 17.2 Å². The fourth-order valence-electron chi connectivity index (χ4n) is 1.40. The SMILES string of the molecule is COc1cc(OC(C)(C)C#N)c(OC)cc1C. The van der Waals surface area contributed by atoms with Crippen LogP contribution in [0, 0.1) is 18.3 Å². The first kappa shape index (κ1) is 13.2. The van der Waals surface area contributed by atoms with Gasteiger partial charge < -0.3 is 14.2 Å². The van der Waals surface area contributed by atoms with Gasteiger partial charge in [0.15, 0.2) is 17.1 Å². The molecule has 1 aromatic carbocycles. The minimum Gasteiger partial charge on any atom is -0.496 e. The number of rotatable bonds is 4. The van der Waals surface area contributed by atoms with Gasteiger partial charge in [-0.05, 0) is 32.4 Å². The highest BCUT2D eigenvalue weighted by Crippen LogP contribution is 2.36. The second-order valence-corrected chi connectivity index (χ2v) is 4.20. The van der Waals surface area contributed by atoms with Crippen molar-refractivity contribution in [2.75, 3.05) is 14.2 Å². The predicted molar refractivity (Wildman–Crippen MR) is 64.6 cm³/mol. The van der Waals surface area contributed by atoms with Crippen molar-refractivity contribution in [1.82, 2.24) is 0 Å². The van der Waals surface area contributed by atoms with E-state index in [-0.39, 0.29) is 0 Å². The topological polar surface area (TPSA) is 51.5 Å². The molecule has 0 bridgehead atoms. The Kier molecular flexibility index (Phi) is 3.84. The highest BCUT2D eigenvalue weighted by molar-refractivity contribution is 5.50. The zero-order valence-electron chi connectivity index (χ0n) is 10.8. The molecule has 1 aromatic rings. The Hall–Kier alpha value is -1.89. The number of aryl methyl sites for hydroxylation is 1. The molecule has 0 fully saturated rings. The maximum Gasteiger partial charge on any atom is 0.188 e. The lowest BCUT2D eigenvalue weighted by molar-refractivity contribution is 0.162. The largest absolute Gasteiger partial charge is 0.496 e. The molecule has 0 amide bonds. The molecule has 0 heterocycles. The van der Waals surface area contributed by atoms with Gasteiger partial charge in [-0.15, -0.1) is 0 Å². The summed E-state index contributed by atoms with van der Waals surface area (Å²) in [7, 11) is 3.15. The maximum absolute atomic E-state index is 8.95. The summed E-state index contributed by atoms with van der Waals surface area (Å²) in [5.74, 6) is 1.79. The summed E-state index contributed by atoms with van der Waals surface area (Å²) in [4.78, 5) is 0. The van der Waals surface area contributed by atoms with E-state index in [4.69, 9.17) is 19.5 Å². The van der Waals surface area contributed by atoms with Crippen LogP contribution in [-0.2, 0) is 0 Å². The standard InChI is InChI=1S/C13H17NO3/c1-9-6-11(16-5)12(7-10(9)15-4)17-13(2,3)8-14/h6-7H,1-5H3. The normalized spacial score (nSPS) is 10.6. The zero-order chi connectivity index (χ0) is 13.1. The molecule has 0 unspecified atom stereocenters. The number of hydrogen-bond donors (Lipinski definition) is 0. The molecule has 0 aliphatic rings. The summed E-state index contributed by atoms with van der Waals surface area (Å²) >= 11 is 0. The van der Waals surface area contributed by atoms with Crippen LogP contribution in [0.3, 0.4) is 0 Å². The van der Waals surface area contributed by atoms with Crippen molar-refractivity contribution in [3.63, 3.8) is 0 Å². The zero-order valence-corrected chi connectivity index (χ0v) is 10.8. The molecule has 0 saturated carbocycles. The molecular formula is C13H17NO3. The second kappa shape index (κ2) is 4.96. The Balaban J connectivity index is 3.18. The average molecular weight is 235 g/mol. The van der Waals surface area contributed by atoms with Gasteiger partial charge in [0.25, 0.3) is 0 Å². The Morgan fingerprint density at radius 1 is 1.06 bits per heavy atom. The average Bonchev–Trinajstić information content (AvgIpc) is 2.30. The van der Waals surface area contributed by atoms with Crippen molar-refractivity contribution >= 4 is 0 Å². The summed E-state index contributed by atoms with van der Waals surface area (Å²) in [6, 6.07) is 5.63. The lowest BCUT2D eigenvalue weighted by atomic mass is 10.1. The summed E-state index contributed by atoms with van der Waals surface area (Å²) < 4.78 is 16.0. The molecule has 4 heteroatoms. The van der Waals surface area contributed by atoms with Crippen LogP contribution in [0.15, 0.2) is 12.1 Å². The molecule has 17 heavy (non-hydrogen) atoms. The Morgan fingerprint density at radius 2 is 1.65 bits per heavy atom. The number of hydrogen-bond acceptors (Lipinski definition) is 4. The van der Waals surface area contributed by atoms with E-state index in [0.717, 1.165) is 5.56 Å². The Labute approximate surface area is 102 Å². The first-order valence-corrected chi connectivity index (χ1v) is 5.26. The van der Waals surface area contributed by atoms with Crippen molar-refractivity contribution in [2.45, 2.75) is 26.4 Å². The number of nitrogens with zero attached hydrogens (tertiary/aromatic N) is 1. The molecule has 4 nitrogen and oxygen atoms in total. The van der Waals surface area contributed by atoms with Gasteiger partial charge in [-0.3, -0.25) is 0 Å². The Bertz CT molecular complexity index is 447. The smallest absolute Gasteiger partial charge is 0.188 e. The third-order valence-corrected chi connectivity index (χ3v) is 2.32. The van der Waals surface area contributed by atoms with Crippen LogP contribution in [0.2, 0.25) is 0 Å². The monoisotopic (exact) mass is 235 g/mol. The summed E-state index contributed by atoms with van der Waals surface area (Å²) in [5, 5.41) is 8.95. The van der Waals surface area contributed by atoms with Crippen LogP contribution in [0.25, 0.3) is 0 Å². The van der Waals surface area contributed by atoms with E-state index >= 15 is 0 Å². The highest BCUT2D eigenvalue weighted by Gasteiger charge is 2.21. The molecule has 1 rings (SSSR count). The third-order valence-electron chi connectivity index (χ3n) is 2.32. The molecule has 0 atom stereocenters. The van der Waals surface area contributed by atoms with Crippen molar-refractivity contribution in [3.8, 4) is 23.3 Å². The molecule has 92 valence electrons. The van der Waals surface area contributed by atoms with Crippen molar-refractivity contribution in [3.05, 3.63) is 17.7 Å². The van der Waals surface area contributed by atoms with Gasteiger partial charge in [-0.2, -0.15) is 5.26 Å². The van der Waals surface area contributed by atoms with Crippen molar-refractivity contribution in [1.29, 1.82) is 5.26 Å². The van der Waals surface area contributed by atoms with Gasteiger partial charge in [-0.25, -0.2) is 0 Å². The number of methoxy groups -OCH3 is 2. The van der Waals surface area contributed by atoms with Gasteiger partial charge in [0.1, 0.15) is 11.8 Å². The molecule has 0 aromatic heterocycles. The van der Waals surface area contributed by atoms with Gasteiger partial charge in [0, 0.05) is 6.07 Å². The van der Waals surface area contributed by atoms with Crippen molar-refractivity contribution < 1.29 is 14.2 Å². The molecule has 0 saturated heterocycles. The first-order chi connectivity index (χ1) is 7.93. The number of nitriles is 1. The van der Waals surface area contributed by atoms with Gasteiger partial charge in [0.2, 0.25) is 0 Å². The van der Waals surface area contributed by atoms with Gasteiger partial charge in [0.05, 0.1) is 14.2 Å². The van der Waals surface area contributed by atoms with E-state index in [1.54, 1.807) is 34.1 Å². The molecule has 0 aliphatic carbocycles. The van der Waals surface area contributed by atoms with E-state index in [1.165, 1.54) is 0 Å². The highest BCUT2D eigenvalue weighted by atomic mass is 16.5. The molecule has 0 N–H and O–H groups in total. The van der Waals surface area contributed by atoms with Crippen LogP contribution in [0.4, 0.5) is 0 Å². The van der Waals surface area contributed by atoms with Crippen LogP contribution >= 0.6 is 0 Å². The Morgan fingerprint density at radius 3 is 2.12 bits per heavy atom. The summed E-state index contributed by atoms with van der Waals surface area (Å²) in [6.45, 7) is 5.30. The van der Waals surface area contributed by atoms with E-state index in [1.807, 2.05) is 13.0 Å². The van der Waals surface area contributed by atoms with Gasteiger partial charge in [-0.1, -0.05) is 0 Å². The fourth-order valence-corrected chi connectivity index (χ4v) is 1.40. The summed E-state index contributed by atoms with van der Waals surface area (Å²) in [6.07, 6.45) is 0. The van der Waals surface area contributed by atoms with E-state index < -0.39 is 5.60 Å².